The van der Waals surface area contributed by atoms with E-state index in [1.807, 2.05) is 0 Å². The van der Waals surface area contributed by atoms with Gasteiger partial charge in [0, 0.05) is 18.0 Å². The zero-order valence-corrected chi connectivity index (χ0v) is 10.8. The van der Waals surface area contributed by atoms with Crippen LogP contribution in [0.5, 0.6) is 0 Å². The Hall–Kier alpha value is -0.870. The molecule has 1 heterocycles. The van der Waals surface area contributed by atoms with Gasteiger partial charge < -0.3 is 10.4 Å². The number of hydrogen-bond donors (Lipinski definition) is 2. The van der Waals surface area contributed by atoms with Crippen LogP contribution in [0.1, 0.15) is 42.0 Å². The van der Waals surface area contributed by atoms with Crippen LogP contribution in [-0.2, 0) is 11.2 Å². The molecule has 1 aliphatic rings. The lowest BCUT2D eigenvalue weighted by Crippen LogP contribution is -2.31. The molecule has 0 aliphatic heterocycles. The Morgan fingerprint density at radius 2 is 2.41 bits per heavy atom. The number of carbonyl (C=O) groups is 1. The van der Waals surface area contributed by atoms with Gasteiger partial charge in [-0.1, -0.05) is 0 Å². The van der Waals surface area contributed by atoms with E-state index in [1.165, 1.54) is 10.4 Å². The number of aliphatic hydroxyl groups is 1. The molecule has 0 fully saturated rings. The van der Waals surface area contributed by atoms with Crippen molar-refractivity contribution in [3.63, 3.8) is 0 Å². The van der Waals surface area contributed by atoms with Gasteiger partial charge in [-0.2, -0.15) is 0 Å². The van der Waals surface area contributed by atoms with Crippen molar-refractivity contribution in [1.29, 1.82) is 0 Å². The first kappa shape index (κ1) is 12.6. The number of unbranched alkanes of at least 4 members (excludes halogenated alkanes) is 1. The van der Waals surface area contributed by atoms with E-state index in [0.29, 0.717) is 6.54 Å². The first-order valence-corrected chi connectivity index (χ1v) is 7.15. The number of carbonyl (C=O) groups excluding carboxylic acids is 1. The smallest absolute Gasteiger partial charge is 0.227 e. The van der Waals surface area contributed by atoms with Crippen molar-refractivity contribution in [3.8, 4) is 0 Å². The van der Waals surface area contributed by atoms with Gasteiger partial charge in [0.1, 0.15) is 0 Å². The monoisotopic (exact) mass is 253 g/mol. The van der Waals surface area contributed by atoms with E-state index >= 15 is 0 Å². The molecule has 0 bridgehead atoms. The maximum absolute atomic E-state index is 12.1. The largest absolute Gasteiger partial charge is 0.396 e. The summed E-state index contributed by atoms with van der Waals surface area (Å²) in [4.78, 5) is 13.4. The minimum absolute atomic E-state index is 0.0547. The molecule has 1 unspecified atom stereocenters. The Morgan fingerprint density at radius 3 is 3.24 bits per heavy atom. The number of aryl methyl sites for hydroxylation is 1. The first-order valence-electron chi connectivity index (χ1n) is 6.27. The minimum atomic E-state index is 0.0547. The topological polar surface area (TPSA) is 49.3 Å². The summed E-state index contributed by atoms with van der Waals surface area (Å²) in [6.07, 6.45) is 4.82. The number of fused-ring (bicyclic) bond motifs is 1. The lowest BCUT2D eigenvalue weighted by molar-refractivity contribution is -0.122. The Labute approximate surface area is 106 Å². The fourth-order valence-corrected chi connectivity index (χ4v) is 3.32. The van der Waals surface area contributed by atoms with E-state index in [1.54, 1.807) is 11.3 Å². The Kier molecular flexibility index (Phi) is 4.57. The molecule has 1 atom stereocenters. The summed E-state index contributed by atoms with van der Waals surface area (Å²) < 4.78 is 0. The molecular weight excluding hydrogens is 234 g/mol. The molecule has 1 aromatic rings. The van der Waals surface area contributed by atoms with Crippen LogP contribution >= 0.6 is 11.3 Å². The molecule has 0 aromatic carbocycles. The maximum Gasteiger partial charge on any atom is 0.227 e. The third-order valence-electron chi connectivity index (χ3n) is 3.25. The third kappa shape index (κ3) is 3.07. The van der Waals surface area contributed by atoms with Gasteiger partial charge in [-0.15, -0.1) is 11.3 Å². The number of aliphatic hydroxyl groups excluding tert-OH is 1. The second-order valence-electron chi connectivity index (χ2n) is 4.47. The van der Waals surface area contributed by atoms with Gasteiger partial charge in [0.25, 0.3) is 0 Å². The molecule has 2 rings (SSSR count). The van der Waals surface area contributed by atoms with Gasteiger partial charge in [0.15, 0.2) is 0 Å². The van der Waals surface area contributed by atoms with E-state index in [2.05, 4.69) is 16.8 Å². The van der Waals surface area contributed by atoms with E-state index in [0.717, 1.165) is 32.1 Å². The molecule has 0 radical (unpaired) electrons. The predicted octanol–water partition coefficient (Wildman–Crippen LogP) is 2.06. The van der Waals surface area contributed by atoms with Crippen LogP contribution in [-0.4, -0.2) is 24.2 Å². The molecule has 1 amide bonds. The number of nitrogens with one attached hydrogen (secondary N) is 1. The van der Waals surface area contributed by atoms with E-state index in [-0.39, 0.29) is 18.4 Å². The average Bonchev–Trinajstić information content (AvgIpc) is 2.82. The van der Waals surface area contributed by atoms with Gasteiger partial charge in [-0.3, -0.25) is 4.79 Å². The van der Waals surface area contributed by atoms with Crippen LogP contribution < -0.4 is 5.32 Å². The van der Waals surface area contributed by atoms with Gasteiger partial charge in [0.2, 0.25) is 5.91 Å². The van der Waals surface area contributed by atoms with Crippen molar-refractivity contribution in [2.45, 2.75) is 38.0 Å². The molecule has 17 heavy (non-hydrogen) atoms. The van der Waals surface area contributed by atoms with Crippen LogP contribution in [0.3, 0.4) is 0 Å². The fourth-order valence-electron chi connectivity index (χ4n) is 2.33. The zero-order chi connectivity index (χ0) is 12.1. The molecule has 0 saturated heterocycles. The van der Waals surface area contributed by atoms with Gasteiger partial charge in [-0.25, -0.2) is 0 Å². The van der Waals surface area contributed by atoms with Crippen molar-refractivity contribution >= 4 is 17.2 Å². The van der Waals surface area contributed by atoms with Crippen LogP contribution in [0.4, 0.5) is 0 Å². The highest BCUT2D eigenvalue weighted by Crippen LogP contribution is 2.34. The molecule has 4 heteroatoms. The highest BCUT2D eigenvalue weighted by Gasteiger charge is 2.26. The maximum atomic E-state index is 12.1. The molecule has 1 aliphatic carbocycles. The molecule has 2 N–H and O–H groups in total. The summed E-state index contributed by atoms with van der Waals surface area (Å²) in [6, 6.07) is 2.09. The van der Waals surface area contributed by atoms with Gasteiger partial charge >= 0.3 is 0 Å². The minimum Gasteiger partial charge on any atom is -0.396 e. The summed E-state index contributed by atoms with van der Waals surface area (Å²) in [5.74, 6) is 0.210. The highest BCUT2D eigenvalue weighted by molar-refractivity contribution is 7.10. The number of thiophene rings is 1. The summed E-state index contributed by atoms with van der Waals surface area (Å²) in [7, 11) is 0. The van der Waals surface area contributed by atoms with E-state index in [9.17, 15) is 4.79 Å². The van der Waals surface area contributed by atoms with Crippen LogP contribution in [0, 0.1) is 0 Å². The SMILES string of the molecule is O=C(NCCCCO)C1CCCc2sccc21. The quantitative estimate of drug-likeness (QED) is 0.789. The van der Waals surface area contributed by atoms with Gasteiger partial charge in [-0.05, 0) is 49.1 Å². The average molecular weight is 253 g/mol. The number of hydrogen-bond acceptors (Lipinski definition) is 3. The van der Waals surface area contributed by atoms with E-state index in [4.69, 9.17) is 5.11 Å². The molecule has 94 valence electrons. The Balaban J connectivity index is 1.89. The van der Waals surface area contributed by atoms with Gasteiger partial charge in [0.05, 0.1) is 5.92 Å². The molecular formula is C13H19NO2S. The zero-order valence-electron chi connectivity index (χ0n) is 9.95. The summed E-state index contributed by atoms with van der Waals surface area (Å²) in [5.41, 5.74) is 1.24. The first-order chi connectivity index (χ1) is 8.33. The lowest BCUT2D eigenvalue weighted by Gasteiger charge is -2.21. The predicted molar refractivity (Wildman–Crippen MR) is 69.3 cm³/mol. The third-order valence-corrected chi connectivity index (χ3v) is 4.25. The highest BCUT2D eigenvalue weighted by atomic mass is 32.1. The van der Waals surface area contributed by atoms with Crippen LogP contribution in [0.2, 0.25) is 0 Å². The second-order valence-corrected chi connectivity index (χ2v) is 5.47. The Morgan fingerprint density at radius 1 is 1.53 bits per heavy atom. The molecule has 1 aromatic heterocycles. The summed E-state index contributed by atoms with van der Waals surface area (Å²) >= 11 is 1.77. The van der Waals surface area contributed by atoms with Crippen LogP contribution in [0.15, 0.2) is 11.4 Å². The van der Waals surface area contributed by atoms with Crippen molar-refractivity contribution < 1.29 is 9.90 Å². The molecule has 3 nitrogen and oxygen atoms in total. The number of amides is 1. The lowest BCUT2D eigenvalue weighted by atomic mass is 9.87. The van der Waals surface area contributed by atoms with Crippen molar-refractivity contribution in [2.75, 3.05) is 13.2 Å². The van der Waals surface area contributed by atoms with Crippen molar-refractivity contribution in [2.24, 2.45) is 0 Å². The van der Waals surface area contributed by atoms with Crippen molar-refractivity contribution in [3.05, 3.63) is 21.9 Å². The van der Waals surface area contributed by atoms with Crippen molar-refractivity contribution in [1.82, 2.24) is 5.32 Å². The van der Waals surface area contributed by atoms with Crippen LogP contribution in [0.25, 0.3) is 0 Å². The standard InChI is InChI=1S/C13H19NO2S/c15-8-2-1-7-14-13(16)11-4-3-5-12-10(11)6-9-17-12/h6,9,11,15H,1-5,7-8H2,(H,14,16). The molecule has 0 saturated carbocycles. The summed E-state index contributed by atoms with van der Waals surface area (Å²) in [5, 5.41) is 13.7. The normalized spacial score (nSPS) is 18.8. The fraction of sp³-hybridized carbons (Fsp3) is 0.615. The van der Waals surface area contributed by atoms with E-state index < -0.39 is 0 Å². The second kappa shape index (κ2) is 6.17. The summed E-state index contributed by atoms with van der Waals surface area (Å²) in [6.45, 7) is 0.878. The number of rotatable bonds is 5. The molecule has 0 spiro atoms. The Bertz CT molecular complexity index is 375.